The third kappa shape index (κ3) is 4.44. The molecular weight excluding hydrogens is 514 g/mol. The highest BCUT2D eigenvalue weighted by Gasteiger charge is 2.17. The average molecular weight is 554 g/mol. The van der Waals surface area contributed by atoms with Crippen molar-refractivity contribution in [1.29, 1.82) is 0 Å². The van der Waals surface area contributed by atoms with Gasteiger partial charge in [0, 0.05) is 40.0 Å². The maximum atomic E-state index is 4.99. The maximum absolute atomic E-state index is 4.99. The van der Waals surface area contributed by atoms with Gasteiger partial charge in [-0.3, -0.25) is 0 Å². The Morgan fingerprint density at radius 3 is 2.12 bits per heavy atom. The van der Waals surface area contributed by atoms with Crippen molar-refractivity contribution < 1.29 is 0 Å². The molecule has 0 fully saturated rings. The molecule has 7 aromatic rings. The van der Waals surface area contributed by atoms with Crippen LogP contribution in [0.25, 0.3) is 65.4 Å². The van der Waals surface area contributed by atoms with Gasteiger partial charge in [-0.05, 0) is 70.6 Å². The Morgan fingerprint density at radius 1 is 0.762 bits per heavy atom. The van der Waals surface area contributed by atoms with Gasteiger partial charge in [0.2, 0.25) is 0 Å². The van der Waals surface area contributed by atoms with Gasteiger partial charge in [-0.15, -0.1) is 0 Å². The molecule has 5 aromatic carbocycles. The summed E-state index contributed by atoms with van der Waals surface area (Å²) in [4.78, 5) is 17.6. The van der Waals surface area contributed by atoms with Crippen LogP contribution in [0.2, 0.25) is 0 Å². The highest BCUT2D eigenvalue weighted by molar-refractivity contribution is 6.22. The molecule has 0 aliphatic heterocycles. The molecule has 42 heavy (non-hydrogen) atoms. The number of aryl methyl sites for hydroxylation is 1. The molecule has 0 bridgehead atoms. The van der Waals surface area contributed by atoms with Crippen molar-refractivity contribution in [3.63, 3.8) is 0 Å². The molecule has 2 heterocycles. The number of aromatic amines is 1. The molecule has 2 aromatic heterocycles. The van der Waals surface area contributed by atoms with E-state index in [0.29, 0.717) is 12.0 Å². The largest absolute Gasteiger partial charge is 0.382 e. The molecule has 7 rings (SSSR count). The highest BCUT2D eigenvalue weighted by atomic mass is 14.9. The number of anilines is 1. The van der Waals surface area contributed by atoms with Crippen LogP contribution in [0, 0.1) is 6.92 Å². The predicted molar refractivity (Wildman–Crippen MR) is 181 cm³/mol. The molecule has 0 radical (unpaired) electrons. The van der Waals surface area contributed by atoms with E-state index in [-0.39, 0.29) is 0 Å². The lowest BCUT2D eigenvalue weighted by Gasteiger charge is -2.20. The lowest BCUT2D eigenvalue weighted by Crippen LogP contribution is -2.14. The summed E-state index contributed by atoms with van der Waals surface area (Å²) in [7, 11) is 0. The molecule has 0 saturated heterocycles. The number of aromatic nitrogens is 4. The van der Waals surface area contributed by atoms with Gasteiger partial charge in [-0.1, -0.05) is 83.1 Å². The van der Waals surface area contributed by atoms with Crippen molar-refractivity contribution >= 4 is 59.9 Å². The number of hydrogen-bond acceptors (Lipinski definition) is 4. The summed E-state index contributed by atoms with van der Waals surface area (Å²) in [5.74, 6) is 1.28. The van der Waals surface area contributed by atoms with E-state index in [1.54, 1.807) is 6.33 Å². The minimum atomic E-state index is 0.300. The molecule has 0 aliphatic rings. The van der Waals surface area contributed by atoms with Gasteiger partial charge in [-0.2, -0.15) is 0 Å². The van der Waals surface area contributed by atoms with E-state index in [4.69, 9.17) is 4.98 Å². The number of H-pyrrole nitrogens is 1. The van der Waals surface area contributed by atoms with Gasteiger partial charge in [0.25, 0.3) is 0 Å². The van der Waals surface area contributed by atoms with Crippen LogP contribution in [0.3, 0.4) is 0 Å². The van der Waals surface area contributed by atoms with Gasteiger partial charge in [0.05, 0.1) is 16.6 Å². The highest BCUT2D eigenvalue weighted by Crippen LogP contribution is 2.40. The van der Waals surface area contributed by atoms with E-state index in [1.807, 2.05) is 20.0 Å². The summed E-state index contributed by atoms with van der Waals surface area (Å²) in [6.45, 7) is 15.0. The Labute approximate surface area is 247 Å². The number of nitrogens with one attached hydrogen (secondary N) is 2. The molecule has 0 spiro atoms. The topological polar surface area (TPSA) is 66.5 Å². The SMILES string of the molecule is CC.CCC(C)Nc1c(C)c2ccccc2c2cc(-c3ccc4c(c3)c3cncnc3c3[nH]c(C(C)C)nc43)ccc12. The summed E-state index contributed by atoms with van der Waals surface area (Å²) < 4.78 is 0. The zero-order chi connectivity index (χ0) is 29.5. The summed E-state index contributed by atoms with van der Waals surface area (Å²) in [5.41, 5.74) is 7.75. The Morgan fingerprint density at radius 2 is 1.43 bits per heavy atom. The Balaban J connectivity index is 0.00000155. The quantitative estimate of drug-likeness (QED) is 0.208. The first kappa shape index (κ1) is 27.6. The van der Waals surface area contributed by atoms with Crippen LogP contribution in [-0.4, -0.2) is 26.0 Å². The molecule has 0 saturated carbocycles. The van der Waals surface area contributed by atoms with E-state index in [0.717, 1.165) is 45.0 Å². The fourth-order valence-corrected chi connectivity index (χ4v) is 5.99. The second-order valence-electron chi connectivity index (χ2n) is 11.3. The number of hydrogen-bond donors (Lipinski definition) is 2. The van der Waals surface area contributed by atoms with Crippen molar-refractivity contribution in [2.75, 3.05) is 5.32 Å². The van der Waals surface area contributed by atoms with Gasteiger partial charge < -0.3 is 10.3 Å². The van der Waals surface area contributed by atoms with Crippen molar-refractivity contribution in [3.8, 4) is 11.1 Å². The standard InChI is InChI=1S/C35H33N5.C2H6/c1-6-20(4)38-31-21(5)24-9-7-8-10-25(24)28-15-22(11-13-26(28)31)23-12-14-27-29(16-23)30-17-36-18-37-32(30)34-33(27)39-35(40-34)19(2)3;1-2/h7-20,38H,6H2,1-5H3,(H,39,40);1-2H3. The van der Waals surface area contributed by atoms with Crippen LogP contribution < -0.4 is 5.32 Å². The molecule has 0 aliphatic carbocycles. The number of imidazole rings is 1. The van der Waals surface area contributed by atoms with E-state index >= 15 is 0 Å². The first-order valence-corrected chi connectivity index (χ1v) is 15.2. The molecule has 2 N–H and O–H groups in total. The predicted octanol–water partition coefficient (Wildman–Crippen LogP) is 10.3. The number of rotatable bonds is 5. The zero-order valence-corrected chi connectivity index (χ0v) is 25.6. The second-order valence-corrected chi connectivity index (χ2v) is 11.3. The number of benzene rings is 5. The van der Waals surface area contributed by atoms with Crippen LogP contribution in [0.15, 0.2) is 73.2 Å². The number of nitrogens with zero attached hydrogens (tertiary/aromatic N) is 3. The molecule has 5 nitrogen and oxygen atoms in total. The first-order valence-electron chi connectivity index (χ1n) is 15.2. The van der Waals surface area contributed by atoms with Crippen molar-refractivity contribution in [2.24, 2.45) is 0 Å². The van der Waals surface area contributed by atoms with Gasteiger partial charge in [0.1, 0.15) is 12.2 Å². The summed E-state index contributed by atoms with van der Waals surface area (Å²) in [6.07, 6.45) is 4.62. The zero-order valence-electron chi connectivity index (χ0n) is 25.6. The lowest BCUT2D eigenvalue weighted by atomic mass is 9.92. The lowest BCUT2D eigenvalue weighted by molar-refractivity contribution is 0.764. The Kier molecular flexibility index (Phi) is 7.28. The van der Waals surface area contributed by atoms with Crippen molar-refractivity contribution in [3.05, 3.63) is 84.6 Å². The van der Waals surface area contributed by atoms with Gasteiger partial charge in [0.15, 0.2) is 0 Å². The molecule has 1 atom stereocenters. The molecule has 1 unspecified atom stereocenters. The monoisotopic (exact) mass is 553 g/mol. The van der Waals surface area contributed by atoms with Gasteiger partial charge >= 0.3 is 0 Å². The van der Waals surface area contributed by atoms with Gasteiger partial charge in [-0.25, -0.2) is 15.0 Å². The van der Waals surface area contributed by atoms with Crippen LogP contribution in [-0.2, 0) is 0 Å². The molecule has 212 valence electrons. The molecule has 5 heteroatoms. The third-order valence-corrected chi connectivity index (χ3v) is 8.40. The summed E-state index contributed by atoms with van der Waals surface area (Å²) >= 11 is 0. The van der Waals surface area contributed by atoms with Crippen LogP contribution in [0.1, 0.15) is 65.3 Å². The second kappa shape index (κ2) is 11.1. The summed E-state index contributed by atoms with van der Waals surface area (Å²) in [5, 5.41) is 12.2. The average Bonchev–Trinajstić information content (AvgIpc) is 3.50. The molecule has 0 amide bonds. The Hall–Kier alpha value is -4.51. The number of fused-ring (bicyclic) bond motifs is 9. The Bertz CT molecular complexity index is 2090. The van der Waals surface area contributed by atoms with Crippen LogP contribution in [0.4, 0.5) is 5.69 Å². The fraction of sp³-hybridized carbons (Fsp3) is 0.270. The third-order valence-electron chi connectivity index (χ3n) is 8.40. The first-order chi connectivity index (χ1) is 20.4. The van der Waals surface area contributed by atoms with Crippen molar-refractivity contribution in [1.82, 2.24) is 19.9 Å². The normalized spacial score (nSPS) is 12.4. The maximum Gasteiger partial charge on any atom is 0.116 e. The van der Waals surface area contributed by atoms with E-state index < -0.39 is 0 Å². The van der Waals surface area contributed by atoms with E-state index in [1.165, 1.54) is 43.9 Å². The van der Waals surface area contributed by atoms with E-state index in [2.05, 4.69) is 116 Å². The smallest absolute Gasteiger partial charge is 0.116 e. The minimum absolute atomic E-state index is 0.300. The van der Waals surface area contributed by atoms with Crippen molar-refractivity contribution in [2.45, 2.75) is 66.8 Å². The van der Waals surface area contributed by atoms with Crippen LogP contribution in [0.5, 0.6) is 0 Å². The minimum Gasteiger partial charge on any atom is -0.382 e. The van der Waals surface area contributed by atoms with Crippen LogP contribution >= 0.6 is 0 Å². The van der Waals surface area contributed by atoms with E-state index in [9.17, 15) is 0 Å². The molecular formula is C37H39N5. The summed E-state index contributed by atoms with van der Waals surface area (Å²) in [6, 6.07) is 22.7. The fourth-order valence-electron chi connectivity index (χ4n) is 5.99.